The molecule has 0 aromatic carbocycles. The standard InChI is InChI=1S/C16H22N2OS2/c1-20-16(8-3-2-4-9-16)12-18-15(19)14-13(6-5-10-17)7-11-21-14/h7,11H,2-4,8-10,12,17H2,1H3,(H,18,19). The maximum Gasteiger partial charge on any atom is 0.262 e. The molecule has 1 amide bonds. The summed E-state index contributed by atoms with van der Waals surface area (Å²) in [5.74, 6) is 5.77. The summed E-state index contributed by atoms with van der Waals surface area (Å²) in [7, 11) is 0. The topological polar surface area (TPSA) is 55.1 Å². The zero-order valence-corrected chi connectivity index (χ0v) is 14.0. The predicted octanol–water partition coefficient (Wildman–Crippen LogP) is 2.85. The van der Waals surface area contributed by atoms with Gasteiger partial charge in [-0.25, -0.2) is 0 Å². The Hall–Kier alpha value is -0.960. The largest absolute Gasteiger partial charge is 0.350 e. The molecule has 1 aromatic rings. The smallest absolute Gasteiger partial charge is 0.262 e. The second kappa shape index (κ2) is 7.88. The van der Waals surface area contributed by atoms with E-state index in [0.717, 1.165) is 12.1 Å². The summed E-state index contributed by atoms with van der Waals surface area (Å²) in [5.41, 5.74) is 6.17. The lowest BCUT2D eigenvalue weighted by Crippen LogP contribution is -2.41. The first kappa shape index (κ1) is 16.4. The van der Waals surface area contributed by atoms with E-state index >= 15 is 0 Å². The zero-order chi connectivity index (χ0) is 15.1. The van der Waals surface area contributed by atoms with E-state index in [4.69, 9.17) is 5.73 Å². The number of nitrogens with two attached hydrogens (primary N) is 1. The van der Waals surface area contributed by atoms with Crippen molar-refractivity contribution in [3.63, 3.8) is 0 Å². The molecule has 3 nitrogen and oxygen atoms in total. The minimum absolute atomic E-state index is 0.00896. The summed E-state index contributed by atoms with van der Waals surface area (Å²) >= 11 is 3.33. The number of nitrogens with one attached hydrogen (secondary N) is 1. The van der Waals surface area contributed by atoms with Crippen molar-refractivity contribution in [1.82, 2.24) is 5.32 Å². The molecule has 1 saturated carbocycles. The lowest BCUT2D eigenvalue weighted by atomic mass is 9.88. The Morgan fingerprint density at radius 2 is 2.24 bits per heavy atom. The molecule has 1 aliphatic rings. The van der Waals surface area contributed by atoms with Gasteiger partial charge in [-0.05, 0) is 30.5 Å². The molecule has 1 fully saturated rings. The van der Waals surface area contributed by atoms with Crippen LogP contribution in [0.2, 0.25) is 0 Å². The number of thiophene rings is 1. The van der Waals surface area contributed by atoms with Crippen LogP contribution in [0.25, 0.3) is 0 Å². The molecule has 0 radical (unpaired) electrons. The van der Waals surface area contributed by atoms with Crippen LogP contribution in [0.15, 0.2) is 11.4 Å². The fourth-order valence-corrected chi connectivity index (χ4v) is 4.38. The molecule has 0 spiro atoms. The zero-order valence-electron chi connectivity index (χ0n) is 12.4. The van der Waals surface area contributed by atoms with E-state index in [1.807, 2.05) is 23.2 Å². The highest BCUT2D eigenvalue weighted by atomic mass is 32.2. The lowest BCUT2D eigenvalue weighted by molar-refractivity contribution is 0.0951. The summed E-state index contributed by atoms with van der Waals surface area (Å²) in [6, 6.07) is 1.88. The number of hydrogen-bond acceptors (Lipinski definition) is 4. The van der Waals surface area contributed by atoms with Crippen molar-refractivity contribution >= 4 is 29.0 Å². The first-order chi connectivity index (χ1) is 10.2. The van der Waals surface area contributed by atoms with Gasteiger partial charge >= 0.3 is 0 Å². The van der Waals surface area contributed by atoms with Crippen LogP contribution in [0, 0.1) is 11.8 Å². The van der Waals surface area contributed by atoms with Crippen molar-refractivity contribution in [1.29, 1.82) is 0 Å². The van der Waals surface area contributed by atoms with E-state index in [0.29, 0.717) is 11.4 Å². The van der Waals surface area contributed by atoms with Crippen molar-refractivity contribution < 1.29 is 4.79 Å². The molecule has 3 N–H and O–H groups in total. The number of thioether (sulfide) groups is 1. The van der Waals surface area contributed by atoms with Gasteiger partial charge in [0.1, 0.15) is 4.88 Å². The minimum Gasteiger partial charge on any atom is -0.350 e. The normalized spacial score (nSPS) is 16.9. The van der Waals surface area contributed by atoms with Gasteiger partial charge in [0.25, 0.3) is 5.91 Å². The molecule has 114 valence electrons. The minimum atomic E-state index is -0.00896. The summed E-state index contributed by atoms with van der Waals surface area (Å²) in [6.45, 7) is 1.06. The number of amides is 1. The van der Waals surface area contributed by atoms with Crippen molar-refractivity contribution in [3.8, 4) is 11.8 Å². The summed E-state index contributed by atoms with van der Waals surface area (Å²) < 4.78 is 0.217. The molecule has 0 atom stereocenters. The Bertz CT molecular complexity index is 536. The van der Waals surface area contributed by atoms with E-state index < -0.39 is 0 Å². The molecule has 2 rings (SSSR count). The molecule has 0 bridgehead atoms. The van der Waals surface area contributed by atoms with Gasteiger partial charge in [-0.2, -0.15) is 11.8 Å². The van der Waals surface area contributed by atoms with Crippen molar-refractivity contribution in [2.24, 2.45) is 5.73 Å². The third-order valence-electron chi connectivity index (χ3n) is 3.97. The molecule has 1 aromatic heterocycles. The SMILES string of the molecule is CSC1(CNC(=O)c2sccc2C#CCN)CCCCC1. The summed E-state index contributed by atoms with van der Waals surface area (Å²) in [4.78, 5) is 13.1. The Balaban J connectivity index is 2.00. The van der Waals surface area contributed by atoms with Gasteiger partial charge in [0.15, 0.2) is 0 Å². The van der Waals surface area contributed by atoms with Crippen LogP contribution >= 0.6 is 23.1 Å². The Labute approximate surface area is 135 Å². The van der Waals surface area contributed by atoms with Crippen LogP contribution in [0.5, 0.6) is 0 Å². The van der Waals surface area contributed by atoms with Crippen LogP contribution in [-0.4, -0.2) is 30.0 Å². The third kappa shape index (κ3) is 4.26. The van der Waals surface area contributed by atoms with Gasteiger partial charge in [-0.15, -0.1) is 11.3 Å². The van der Waals surface area contributed by atoms with Gasteiger partial charge in [0.05, 0.1) is 6.54 Å². The van der Waals surface area contributed by atoms with Gasteiger partial charge in [-0.1, -0.05) is 31.1 Å². The molecule has 5 heteroatoms. The monoisotopic (exact) mass is 322 g/mol. The lowest BCUT2D eigenvalue weighted by Gasteiger charge is -2.35. The molecule has 0 unspecified atom stereocenters. The van der Waals surface area contributed by atoms with Crippen LogP contribution in [-0.2, 0) is 0 Å². The van der Waals surface area contributed by atoms with Crippen LogP contribution < -0.4 is 11.1 Å². The highest BCUT2D eigenvalue weighted by molar-refractivity contribution is 8.00. The second-order valence-corrected chi connectivity index (χ2v) is 7.49. The fraction of sp³-hybridized carbons (Fsp3) is 0.562. The average Bonchev–Trinajstić information content (AvgIpc) is 3.00. The van der Waals surface area contributed by atoms with E-state index in [1.165, 1.54) is 43.4 Å². The molecule has 21 heavy (non-hydrogen) atoms. The Morgan fingerprint density at radius 1 is 1.48 bits per heavy atom. The van der Waals surface area contributed by atoms with E-state index in [1.54, 1.807) is 0 Å². The van der Waals surface area contributed by atoms with Crippen molar-refractivity contribution in [2.75, 3.05) is 19.3 Å². The first-order valence-electron chi connectivity index (χ1n) is 7.30. The van der Waals surface area contributed by atoms with Crippen LogP contribution in [0.3, 0.4) is 0 Å². The third-order valence-corrected chi connectivity index (χ3v) is 6.30. The maximum absolute atomic E-state index is 12.4. The highest BCUT2D eigenvalue weighted by Gasteiger charge is 2.31. The highest BCUT2D eigenvalue weighted by Crippen LogP contribution is 2.38. The van der Waals surface area contributed by atoms with Gasteiger partial charge in [-0.3, -0.25) is 4.79 Å². The predicted molar refractivity (Wildman–Crippen MR) is 91.9 cm³/mol. The quantitative estimate of drug-likeness (QED) is 0.838. The number of rotatable bonds is 4. The van der Waals surface area contributed by atoms with Crippen molar-refractivity contribution in [2.45, 2.75) is 36.9 Å². The van der Waals surface area contributed by atoms with E-state index in [9.17, 15) is 4.79 Å². The van der Waals surface area contributed by atoms with Crippen LogP contribution in [0.1, 0.15) is 47.3 Å². The average molecular weight is 322 g/mol. The summed E-state index contributed by atoms with van der Waals surface area (Å²) in [6.07, 6.45) is 8.39. The number of carbonyl (C=O) groups excluding carboxylic acids is 1. The molecule has 1 aliphatic carbocycles. The van der Waals surface area contributed by atoms with E-state index in [-0.39, 0.29) is 10.7 Å². The molecule has 0 aliphatic heterocycles. The van der Waals surface area contributed by atoms with Crippen molar-refractivity contribution in [3.05, 3.63) is 21.9 Å². The van der Waals surface area contributed by atoms with Crippen LogP contribution in [0.4, 0.5) is 0 Å². The Kier molecular flexibility index (Phi) is 6.16. The van der Waals surface area contributed by atoms with Gasteiger partial charge < -0.3 is 11.1 Å². The molecular weight excluding hydrogens is 300 g/mol. The summed E-state index contributed by atoms with van der Waals surface area (Å²) in [5, 5.41) is 5.02. The maximum atomic E-state index is 12.4. The van der Waals surface area contributed by atoms with Gasteiger partial charge in [0.2, 0.25) is 0 Å². The molecule has 0 saturated heterocycles. The first-order valence-corrected chi connectivity index (χ1v) is 9.41. The fourth-order valence-electron chi connectivity index (χ4n) is 2.70. The number of hydrogen-bond donors (Lipinski definition) is 2. The Morgan fingerprint density at radius 3 is 2.90 bits per heavy atom. The van der Waals surface area contributed by atoms with E-state index in [2.05, 4.69) is 23.4 Å². The van der Waals surface area contributed by atoms with Gasteiger partial charge in [0, 0.05) is 16.9 Å². The number of carbonyl (C=O) groups is 1. The molecular formula is C16H22N2OS2. The second-order valence-electron chi connectivity index (χ2n) is 5.30. The molecule has 1 heterocycles.